The quantitative estimate of drug-likeness (QED) is 0.884. The molecule has 2 heterocycles. The minimum atomic E-state index is -2.55. The van der Waals surface area contributed by atoms with Crippen molar-refractivity contribution in [1.29, 1.82) is 0 Å². The molecule has 0 amide bonds. The van der Waals surface area contributed by atoms with E-state index in [2.05, 4.69) is 15.1 Å². The second-order valence-corrected chi connectivity index (χ2v) is 4.42. The molecule has 2 aromatic rings. The van der Waals surface area contributed by atoms with Crippen LogP contribution in [-0.4, -0.2) is 25.7 Å². The molecule has 18 heavy (non-hydrogen) atoms. The maximum absolute atomic E-state index is 12.8. The van der Waals surface area contributed by atoms with Crippen molar-refractivity contribution in [1.82, 2.24) is 19.7 Å². The first-order chi connectivity index (χ1) is 8.55. The Morgan fingerprint density at radius 3 is 2.83 bits per heavy atom. The van der Waals surface area contributed by atoms with Gasteiger partial charge in [-0.1, -0.05) is 0 Å². The van der Waals surface area contributed by atoms with Gasteiger partial charge in [0.05, 0.1) is 17.3 Å². The van der Waals surface area contributed by atoms with Gasteiger partial charge >= 0.3 is 0 Å². The van der Waals surface area contributed by atoms with Gasteiger partial charge < -0.3 is 5.73 Å². The molecule has 3 rings (SSSR count). The summed E-state index contributed by atoms with van der Waals surface area (Å²) in [5.74, 6) is -2.22. The molecular formula is C11H11F2N5. The topological polar surface area (TPSA) is 69.6 Å². The van der Waals surface area contributed by atoms with Gasteiger partial charge in [-0.05, 0) is 6.07 Å². The minimum Gasteiger partial charge on any atom is -0.383 e. The molecule has 1 aliphatic carbocycles. The highest BCUT2D eigenvalue weighted by molar-refractivity contribution is 5.69. The number of rotatable bonds is 2. The summed E-state index contributed by atoms with van der Waals surface area (Å²) in [7, 11) is 0. The number of halogens is 2. The molecule has 2 aromatic heterocycles. The van der Waals surface area contributed by atoms with Crippen molar-refractivity contribution in [2.75, 3.05) is 5.73 Å². The highest BCUT2D eigenvalue weighted by atomic mass is 19.3. The molecule has 1 fully saturated rings. The van der Waals surface area contributed by atoms with E-state index in [9.17, 15) is 8.78 Å². The lowest BCUT2D eigenvalue weighted by Gasteiger charge is -2.34. The molecule has 0 atom stereocenters. The maximum Gasteiger partial charge on any atom is 0.252 e. The van der Waals surface area contributed by atoms with Crippen LogP contribution in [0.1, 0.15) is 18.9 Å². The van der Waals surface area contributed by atoms with Gasteiger partial charge in [0, 0.05) is 25.2 Å². The lowest BCUT2D eigenvalue weighted by molar-refractivity contribution is -0.106. The van der Waals surface area contributed by atoms with Crippen LogP contribution in [0.25, 0.3) is 11.3 Å². The van der Waals surface area contributed by atoms with Crippen molar-refractivity contribution < 1.29 is 8.78 Å². The normalized spacial score (nSPS) is 18.6. The second kappa shape index (κ2) is 3.72. The highest BCUT2D eigenvalue weighted by Gasteiger charge is 2.46. The van der Waals surface area contributed by atoms with Gasteiger partial charge in [0.2, 0.25) is 0 Å². The van der Waals surface area contributed by atoms with Crippen molar-refractivity contribution >= 4 is 5.82 Å². The van der Waals surface area contributed by atoms with Gasteiger partial charge in [-0.3, -0.25) is 4.68 Å². The van der Waals surface area contributed by atoms with Crippen LogP contribution in [0.3, 0.4) is 0 Å². The van der Waals surface area contributed by atoms with Crippen molar-refractivity contribution in [2.45, 2.75) is 24.8 Å². The zero-order valence-corrected chi connectivity index (χ0v) is 9.42. The van der Waals surface area contributed by atoms with Crippen LogP contribution in [0, 0.1) is 0 Å². The predicted molar refractivity (Wildman–Crippen MR) is 60.9 cm³/mol. The third kappa shape index (κ3) is 1.81. The Morgan fingerprint density at radius 2 is 2.17 bits per heavy atom. The van der Waals surface area contributed by atoms with Crippen LogP contribution in [-0.2, 0) is 0 Å². The van der Waals surface area contributed by atoms with E-state index in [1.54, 1.807) is 23.1 Å². The molecule has 0 bridgehead atoms. The highest BCUT2D eigenvalue weighted by Crippen LogP contribution is 2.45. The summed E-state index contributed by atoms with van der Waals surface area (Å²) >= 11 is 0. The SMILES string of the molecule is Nc1ncncc1-c1ccn(C2CC(F)(F)C2)n1. The number of alkyl halides is 2. The number of hydrogen-bond donors (Lipinski definition) is 1. The third-order valence-corrected chi connectivity index (χ3v) is 3.07. The Bertz CT molecular complexity index is 572. The molecule has 94 valence electrons. The fourth-order valence-corrected chi connectivity index (χ4v) is 2.04. The number of nitrogen functional groups attached to an aromatic ring is 1. The monoisotopic (exact) mass is 251 g/mol. The fraction of sp³-hybridized carbons (Fsp3) is 0.364. The van der Waals surface area contributed by atoms with E-state index in [4.69, 9.17) is 5.73 Å². The molecule has 2 N–H and O–H groups in total. The van der Waals surface area contributed by atoms with Crippen molar-refractivity contribution in [3.63, 3.8) is 0 Å². The summed E-state index contributed by atoms with van der Waals surface area (Å²) in [5, 5.41) is 4.25. The van der Waals surface area contributed by atoms with Crippen molar-refractivity contribution in [3.05, 3.63) is 24.8 Å². The van der Waals surface area contributed by atoms with Crippen LogP contribution in [0.15, 0.2) is 24.8 Å². The first-order valence-corrected chi connectivity index (χ1v) is 5.54. The molecule has 0 spiro atoms. The third-order valence-electron chi connectivity index (χ3n) is 3.07. The molecule has 0 saturated heterocycles. The van der Waals surface area contributed by atoms with Crippen molar-refractivity contribution in [3.8, 4) is 11.3 Å². The summed E-state index contributed by atoms with van der Waals surface area (Å²) in [6.45, 7) is 0. The van der Waals surface area contributed by atoms with Gasteiger partial charge in [-0.25, -0.2) is 18.7 Å². The summed E-state index contributed by atoms with van der Waals surface area (Å²) in [5.41, 5.74) is 6.92. The molecule has 1 saturated carbocycles. The van der Waals surface area contributed by atoms with Gasteiger partial charge in [0.25, 0.3) is 5.92 Å². The molecule has 7 heteroatoms. The zero-order valence-electron chi connectivity index (χ0n) is 9.42. The van der Waals surface area contributed by atoms with Gasteiger partial charge in [-0.15, -0.1) is 0 Å². The van der Waals surface area contributed by atoms with Crippen LogP contribution in [0.5, 0.6) is 0 Å². The van der Waals surface area contributed by atoms with Crippen LogP contribution >= 0.6 is 0 Å². The van der Waals surface area contributed by atoms with Gasteiger partial charge in [0.1, 0.15) is 12.1 Å². The molecule has 1 aliphatic rings. The Labute approximate surface area is 102 Å². The molecule has 0 unspecified atom stereocenters. The molecule has 0 aromatic carbocycles. The second-order valence-electron chi connectivity index (χ2n) is 4.42. The molecule has 0 radical (unpaired) electrons. The Balaban J connectivity index is 1.85. The van der Waals surface area contributed by atoms with E-state index < -0.39 is 5.92 Å². The van der Waals surface area contributed by atoms with Crippen LogP contribution < -0.4 is 5.73 Å². The number of nitrogens with two attached hydrogens (primary N) is 1. The lowest BCUT2D eigenvalue weighted by Crippen LogP contribution is -2.37. The predicted octanol–water partition coefficient (Wildman–Crippen LogP) is 1.89. The standard InChI is InChI=1S/C11H11F2N5/c12-11(13)3-7(4-11)18-2-1-9(17-18)8-5-15-6-16-10(8)14/h1-2,5-7H,3-4H2,(H2,14,15,16). The van der Waals surface area contributed by atoms with Crippen LogP contribution in [0.4, 0.5) is 14.6 Å². The number of hydrogen-bond acceptors (Lipinski definition) is 4. The smallest absolute Gasteiger partial charge is 0.252 e. The number of anilines is 1. The first kappa shape index (κ1) is 11.1. The average Bonchev–Trinajstić information content (AvgIpc) is 2.75. The maximum atomic E-state index is 12.8. The fourth-order valence-electron chi connectivity index (χ4n) is 2.04. The van der Waals surface area contributed by atoms with Crippen molar-refractivity contribution in [2.24, 2.45) is 0 Å². The minimum absolute atomic E-state index is 0.158. The average molecular weight is 251 g/mol. The summed E-state index contributed by atoms with van der Waals surface area (Å²) in [6, 6.07) is 1.49. The van der Waals surface area contributed by atoms with E-state index in [0.29, 0.717) is 17.1 Å². The largest absolute Gasteiger partial charge is 0.383 e. The Hall–Kier alpha value is -2.05. The molecule has 0 aliphatic heterocycles. The van der Waals surface area contributed by atoms with E-state index in [1.807, 2.05) is 0 Å². The van der Waals surface area contributed by atoms with E-state index in [-0.39, 0.29) is 18.9 Å². The summed E-state index contributed by atoms with van der Waals surface area (Å²) < 4.78 is 27.1. The van der Waals surface area contributed by atoms with E-state index in [1.165, 1.54) is 6.33 Å². The van der Waals surface area contributed by atoms with Gasteiger partial charge in [0.15, 0.2) is 0 Å². The van der Waals surface area contributed by atoms with E-state index >= 15 is 0 Å². The summed E-state index contributed by atoms with van der Waals surface area (Å²) in [4.78, 5) is 7.74. The number of nitrogens with zero attached hydrogens (tertiary/aromatic N) is 4. The Morgan fingerprint density at radius 1 is 1.39 bits per heavy atom. The first-order valence-electron chi connectivity index (χ1n) is 5.54. The summed E-state index contributed by atoms with van der Waals surface area (Å²) in [6.07, 6.45) is 4.28. The molecule has 5 nitrogen and oxygen atoms in total. The van der Waals surface area contributed by atoms with Crippen LogP contribution in [0.2, 0.25) is 0 Å². The lowest BCUT2D eigenvalue weighted by atomic mass is 9.88. The molecular weight excluding hydrogens is 240 g/mol. The van der Waals surface area contributed by atoms with E-state index in [0.717, 1.165) is 0 Å². The van der Waals surface area contributed by atoms with Gasteiger partial charge in [-0.2, -0.15) is 5.10 Å². The Kier molecular flexibility index (Phi) is 2.29. The number of aromatic nitrogens is 4. The zero-order chi connectivity index (χ0) is 12.8.